The fourth-order valence-electron chi connectivity index (χ4n) is 3.94. The van der Waals surface area contributed by atoms with E-state index in [1.54, 1.807) is 7.11 Å². The quantitative estimate of drug-likeness (QED) is 0.290. The third kappa shape index (κ3) is 7.55. The van der Waals surface area contributed by atoms with Crippen LogP contribution in [0.5, 0.6) is 11.5 Å². The van der Waals surface area contributed by atoms with Crippen molar-refractivity contribution in [1.82, 2.24) is 15.5 Å². The number of nitrogens with zero attached hydrogens (tertiary/aromatic N) is 2. The normalized spacial score (nSPS) is 15.1. The highest BCUT2D eigenvalue weighted by molar-refractivity contribution is 14.0. The molecule has 0 aliphatic carbocycles. The summed E-state index contributed by atoms with van der Waals surface area (Å²) in [6, 6.07) is 15.1. The van der Waals surface area contributed by atoms with E-state index < -0.39 is 0 Å². The maximum Gasteiger partial charge on any atom is 0.191 e. The van der Waals surface area contributed by atoms with Crippen molar-refractivity contribution in [2.45, 2.75) is 45.8 Å². The van der Waals surface area contributed by atoms with Gasteiger partial charge in [0.15, 0.2) is 17.5 Å². The molecular weight excluding hydrogens is 515 g/mol. The van der Waals surface area contributed by atoms with Gasteiger partial charge in [-0.05, 0) is 55.5 Å². The molecule has 32 heavy (non-hydrogen) atoms. The SMILES string of the molecule is CCOc1cc(CNC(=NC)NC2CCN(Cc3ccccc3C)CC2)ccc1OC.I. The Hall–Kier alpha value is -2.00. The van der Waals surface area contributed by atoms with Gasteiger partial charge < -0.3 is 20.1 Å². The third-order valence-electron chi connectivity index (χ3n) is 5.80. The largest absolute Gasteiger partial charge is 0.493 e. The number of hydrogen-bond acceptors (Lipinski definition) is 4. The Bertz CT molecular complexity index is 867. The molecule has 7 heteroatoms. The lowest BCUT2D eigenvalue weighted by Crippen LogP contribution is -2.48. The van der Waals surface area contributed by atoms with Gasteiger partial charge in [0.2, 0.25) is 0 Å². The van der Waals surface area contributed by atoms with Gasteiger partial charge in [-0.25, -0.2) is 0 Å². The minimum absolute atomic E-state index is 0. The first-order chi connectivity index (χ1) is 15.1. The van der Waals surface area contributed by atoms with Gasteiger partial charge >= 0.3 is 0 Å². The van der Waals surface area contributed by atoms with E-state index in [0.29, 0.717) is 19.2 Å². The minimum Gasteiger partial charge on any atom is -0.493 e. The molecule has 0 aromatic heterocycles. The van der Waals surface area contributed by atoms with Crippen molar-refractivity contribution < 1.29 is 9.47 Å². The number of hydrogen-bond donors (Lipinski definition) is 2. The van der Waals surface area contributed by atoms with Crippen LogP contribution in [0.1, 0.15) is 36.5 Å². The summed E-state index contributed by atoms with van der Waals surface area (Å²) < 4.78 is 11.0. The highest BCUT2D eigenvalue weighted by Crippen LogP contribution is 2.28. The molecule has 0 saturated carbocycles. The number of aryl methyl sites for hydroxylation is 1. The van der Waals surface area contributed by atoms with Crippen LogP contribution < -0.4 is 20.1 Å². The van der Waals surface area contributed by atoms with Crippen molar-refractivity contribution in [2.24, 2.45) is 4.99 Å². The van der Waals surface area contributed by atoms with Crippen LogP contribution in [0.15, 0.2) is 47.5 Å². The maximum absolute atomic E-state index is 5.68. The first-order valence-corrected chi connectivity index (χ1v) is 11.2. The standard InChI is InChI=1S/C25H36N4O2.HI/c1-5-31-24-16-20(10-11-23(24)30-4)17-27-25(26-3)28-22-12-14-29(15-13-22)18-21-9-7-6-8-19(21)2;/h6-11,16,22H,5,12-15,17-18H2,1-4H3,(H2,26,27,28);1H. The number of nitrogens with one attached hydrogen (secondary N) is 2. The summed E-state index contributed by atoms with van der Waals surface area (Å²) in [4.78, 5) is 6.96. The zero-order valence-electron chi connectivity index (χ0n) is 19.7. The molecule has 1 fully saturated rings. The Morgan fingerprint density at radius 2 is 1.88 bits per heavy atom. The number of guanidine groups is 1. The maximum atomic E-state index is 5.68. The fraction of sp³-hybridized carbons (Fsp3) is 0.480. The number of benzene rings is 2. The van der Waals surface area contributed by atoms with E-state index >= 15 is 0 Å². The minimum atomic E-state index is 0. The summed E-state index contributed by atoms with van der Waals surface area (Å²) in [5, 5.41) is 7.02. The monoisotopic (exact) mass is 552 g/mol. The van der Waals surface area contributed by atoms with Crippen LogP contribution in [0.25, 0.3) is 0 Å². The van der Waals surface area contributed by atoms with Gasteiger partial charge in [0.25, 0.3) is 0 Å². The molecule has 6 nitrogen and oxygen atoms in total. The number of likely N-dealkylation sites (tertiary alicyclic amines) is 1. The second-order valence-corrected chi connectivity index (χ2v) is 7.97. The zero-order valence-corrected chi connectivity index (χ0v) is 22.0. The van der Waals surface area contributed by atoms with Crippen molar-refractivity contribution >= 4 is 29.9 Å². The summed E-state index contributed by atoms with van der Waals surface area (Å²) in [7, 11) is 3.48. The molecule has 2 aromatic carbocycles. The number of ether oxygens (including phenoxy) is 2. The molecule has 2 N–H and O–H groups in total. The number of aliphatic imine (C=N–C) groups is 1. The van der Waals surface area contributed by atoms with E-state index in [0.717, 1.165) is 55.5 Å². The molecule has 0 unspecified atom stereocenters. The van der Waals surface area contributed by atoms with Gasteiger partial charge in [0.05, 0.1) is 13.7 Å². The summed E-state index contributed by atoms with van der Waals surface area (Å²) >= 11 is 0. The van der Waals surface area contributed by atoms with Crippen molar-refractivity contribution in [3.8, 4) is 11.5 Å². The summed E-state index contributed by atoms with van der Waals surface area (Å²) in [6.45, 7) is 8.68. The Morgan fingerprint density at radius 3 is 2.53 bits per heavy atom. The Morgan fingerprint density at radius 1 is 1.12 bits per heavy atom. The molecular formula is C25H37IN4O2. The molecule has 1 aliphatic rings. The highest BCUT2D eigenvalue weighted by Gasteiger charge is 2.20. The molecule has 0 atom stereocenters. The van der Waals surface area contributed by atoms with Crippen molar-refractivity contribution in [1.29, 1.82) is 0 Å². The van der Waals surface area contributed by atoms with Crippen LogP contribution in [0, 0.1) is 6.92 Å². The third-order valence-corrected chi connectivity index (χ3v) is 5.80. The van der Waals surface area contributed by atoms with E-state index in [9.17, 15) is 0 Å². The van der Waals surface area contributed by atoms with E-state index in [1.807, 2.05) is 32.2 Å². The van der Waals surface area contributed by atoms with Crippen LogP contribution in [0.2, 0.25) is 0 Å². The van der Waals surface area contributed by atoms with Gasteiger partial charge in [-0.3, -0.25) is 9.89 Å². The average molecular weight is 553 g/mol. The van der Waals surface area contributed by atoms with Gasteiger partial charge in [-0.15, -0.1) is 24.0 Å². The van der Waals surface area contributed by atoms with Crippen LogP contribution in [0.4, 0.5) is 0 Å². The lowest BCUT2D eigenvalue weighted by molar-refractivity contribution is 0.198. The van der Waals surface area contributed by atoms with Crippen molar-refractivity contribution in [3.05, 3.63) is 59.2 Å². The Kier molecular flexibility index (Phi) is 11.1. The molecule has 1 aliphatic heterocycles. The lowest BCUT2D eigenvalue weighted by Gasteiger charge is -2.33. The van der Waals surface area contributed by atoms with Crippen LogP contribution >= 0.6 is 24.0 Å². The van der Waals surface area contributed by atoms with E-state index in [2.05, 4.69) is 51.7 Å². The van der Waals surface area contributed by atoms with Crippen LogP contribution in [-0.2, 0) is 13.1 Å². The summed E-state index contributed by atoms with van der Waals surface area (Å²) in [5.74, 6) is 2.37. The average Bonchev–Trinajstić information content (AvgIpc) is 2.79. The van der Waals surface area contributed by atoms with Gasteiger partial charge in [0.1, 0.15) is 0 Å². The van der Waals surface area contributed by atoms with Gasteiger partial charge in [-0.1, -0.05) is 30.3 Å². The predicted octanol–water partition coefficient (Wildman–Crippen LogP) is 4.35. The first-order valence-electron chi connectivity index (χ1n) is 11.2. The van der Waals surface area contributed by atoms with E-state index in [1.165, 1.54) is 11.1 Å². The summed E-state index contributed by atoms with van der Waals surface area (Å²) in [6.07, 6.45) is 2.23. The number of halogens is 1. The van der Waals surface area contributed by atoms with Crippen molar-refractivity contribution in [2.75, 3.05) is 33.9 Å². The molecule has 2 aromatic rings. The predicted molar refractivity (Wildman–Crippen MR) is 142 cm³/mol. The molecule has 1 saturated heterocycles. The number of piperidine rings is 1. The van der Waals surface area contributed by atoms with Gasteiger partial charge in [0, 0.05) is 39.3 Å². The van der Waals surface area contributed by atoms with Crippen LogP contribution in [-0.4, -0.2) is 50.8 Å². The molecule has 0 radical (unpaired) electrons. The fourth-order valence-corrected chi connectivity index (χ4v) is 3.94. The topological polar surface area (TPSA) is 58.1 Å². The second-order valence-electron chi connectivity index (χ2n) is 7.97. The summed E-state index contributed by atoms with van der Waals surface area (Å²) in [5.41, 5.74) is 3.93. The number of rotatable bonds is 8. The molecule has 1 heterocycles. The molecule has 0 amide bonds. The van der Waals surface area contributed by atoms with E-state index in [-0.39, 0.29) is 24.0 Å². The second kappa shape index (κ2) is 13.5. The van der Waals surface area contributed by atoms with Crippen LogP contribution in [0.3, 0.4) is 0 Å². The van der Waals surface area contributed by atoms with Crippen molar-refractivity contribution in [3.63, 3.8) is 0 Å². The zero-order chi connectivity index (χ0) is 22.1. The molecule has 0 bridgehead atoms. The Balaban J connectivity index is 0.00000363. The smallest absolute Gasteiger partial charge is 0.191 e. The molecule has 0 spiro atoms. The first kappa shape index (κ1) is 26.3. The van der Waals surface area contributed by atoms with Gasteiger partial charge in [-0.2, -0.15) is 0 Å². The Labute approximate surface area is 209 Å². The van der Waals surface area contributed by atoms with E-state index in [4.69, 9.17) is 9.47 Å². The molecule has 176 valence electrons. The molecule has 3 rings (SSSR count). The highest BCUT2D eigenvalue weighted by atomic mass is 127. The number of methoxy groups -OCH3 is 1. The lowest BCUT2D eigenvalue weighted by atomic mass is 10.0.